The highest BCUT2D eigenvalue weighted by atomic mass is 32.2. The van der Waals surface area contributed by atoms with E-state index in [1.165, 1.54) is 26.7 Å². The molecule has 2 nitrogen and oxygen atoms in total. The van der Waals surface area contributed by atoms with Gasteiger partial charge in [0.2, 0.25) is 0 Å². The normalized spacial score (nSPS) is 12.5. The first-order valence-corrected chi connectivity index (χ1v) is 8.40. The average Bonchev–Trinajstić information content (AvgIpc) is 2.60. The van der Waals surface area contributed by atoms with Crippen LogP contribution >= 0.6 is 11.8 Å². The largest absolute Gasteiger partial charge is 0.497 e. The molecule has 0 radical (unpaired) electrons. The van der Waals surface area contributed by atoms with Gasteiger partial charge in [0, 0.05) is 15.5 Å². The van der Waals surface area contributed by atoms with Crippen molar-refractivity contribution in [2.45, 2.75) is 16.7 Å². The van der Waals surface area contributed by atoms with E-state index in [0.29, 0.717) is 0 Å². The van der Waals surface area contributed by atoms with Crippen molar-refractivity contribution >= 4 is 28.8 Å². The molecule has 4 rings (SSSR count). The molecule has 23 heavy (non-hydrogen) atoms. The van der Waals surface area contributed by atoms with Crippen molar-refractivity contribution in [3.8, 4) is 5.75 Å². The van der Waals surface area contributed by atoms with Crippen LogP contribution in [0.5, 0.6) is 5.75 Å². The molecule has 0 atom stereocenters. The van der Waals surface area contributed by atoms with Crippen LogP contribution in [0.2, 0.25) is 0 Å². The number of hydrogen-bond acceptors (Lipinski definition) is 3. The Kier molecular flexibility index (Phi) is 3.50. The summed E-state index contributed by atoms with van der Waals surface area (Å²) in [7, 11) is 1.70. The van der Waals surface area contributed by atoms with Crippen molar-refractivity contribution < 1.29 is 4.74 Å². The van der Waals surface area contributed by atoms with Gasteiger partial charge in [-0.05, 0) is 55.0 Å². The van der Waals surface area contributed by atoms with E-state index in [1.807, 2.05) is 23.9 Å². The third kappa shape index (κ3) is 2.37. The van der Waals surface area contributed by atoms with Crippen LogP contribution in [0.3, 0.4) is 0 Å². The number of rotatable bonds is 2. The van der Waals surface area contributed by atoms with Crippen LogP contribution in [0.15, 0.2) is 76.5 Å². The zero-order chi connectivity index (χ0) is 15.8. The van der Waals surface area contributed by atoms with Gasteiger partial charge in [-0.3, -0.25) is 0 Å². The van der Waals surface area contributed by atoms with Crippen LogP contribution < -0.4 is 9.64 Å². The summed E-state index contributed by atoms with van der Waals surface area (Å²) in [6.45, 7) is 2.17. The maximum absolute atomic E-state index is 5.30. The zero-order valence-corrected chi connectivity index (χ0v) is 13.9. The number of para-hydroxylation sites is 2. The molecule has 0 bridgehead atoms. The number of nitrogens with zero attached hydrogens (tertiary/aromatic N) is 1. The van der Waals surface area contributed by atoms with Gasteiger partial charge in [0.05, 0.1) is 18.5 Å². The Morgan fingerprint density at radius 2 is 1.57 bits per heavy atom. The number of methoxy groups -OCH3 is 1. The Morgan fingerprint density at radius 1 is 0.826 bits per heavy atom. The van der Waals surface area contributed by atoms with E-state index in [9.17, 15) is 0 Å². The summed E-state index contributed by atoms with van der Waals surface area (Å²) in [5.41, 5.74) is 4.92. The topological polar surface area (TPSA) is 12.5 Å². The van der Waals surface area contributed by atoms with Gasteiger partial charge < -0.3 is 9.64 Å². The fourth-order valence-electron chi connectivity index (χ4n) is 2.97. The lowest BCUT2D eigenvalue weighted by Gasteiger charge is -2.34. The summed E-state index contributed by atoms with van der Waals surface area (Å²) in [5.74, 6) is 0.874. The molecule has 0 aromatic heterocycles. The van der Waals surface area contributed by atoms with E-state index in [1.54, 1.807) is 7.11 Å². The van der Waals surface area contributed by atoms with Crippen molar-refractivity contribution in [2.24, 2.45) is 0 Å². The van der Waals surface area contributed by atoms with Crippen molar-refractivity contribution in [1.29, 1.82) is 0 Å². The quantitative estimate of drug-likeness (QED) is 0.454. The fourth-order valence-corrected chi connectivity index (χ4v) is 4.11. The molecule has 114 valence electrons. The predicted molar refractivity (Wildman–Crippen MR) is 96.5 cm³/mol. The van der Waals surface area contributed by atoms with Crippen LogP contribution in [-0.2, 0) is 0 Å². The number of fused-ring (bicyclic) bond motifs is 2. The second-order valence-electron chi connectivity index (χ2n) is 5.52. The van der Waals surface area contributed by atoms with Crippen LogP contribution in [0.1, 0.15) is 5.56 Å². The molecule has 0 amide bonds. The second kappa shape index (κ2) is 5.67. The fraction of sp³-hybridized carbons (Fsp3) is 0.100. The minimum absolute atomic E-state index is 0.874. The summed E-state index contributed by atoms with van der Waals surface area (Å²) in [6, 6.07) is 23.3. The molecule has 1 aliphatic heterocycles. The monoisotopic (exact) mass is 319 g/mol. The van der Waals surface area contributed by atoms with Gasteiger partial charge in [0.1, 0.15) is 5.75 Å². The smallest absolute Gasteiger partial charge is 0.119 e. The number of anilines is 3. The molecule has 3 heteroatoms. The van der Waals surface area contributed by atoms with Gasteiger partial charge in [-0.1, -0.05) is 36.0 Å². The van der Waals surface area contributed by atoms with Crippen molar-refractivity contribution in [1.82, 2.24) is 0 Å². The highest BCUT2D eigenvalue weighted by Crippen LogP contribution is 2.52. The van der Waals surface area contributed by atoms with Crippen molar-refractivity contribution in [3.63, 3.8) is 0 Å². The zero-order valence-electron chi connectivity index (χ0n) is 13.1. The third-order valence-corrected chi connectivity index (χ3v) is 5.20. The lowest BCUT2D eigenvalue weighted by molar-refractivity contribution is 0.415. The molecule has 1 aliphatic rings. The van der Waals surface area contributed by atoms with Gasteiger partial charge in [-0.25, -0.2) is 0 Å². The molecular weight excluding hydrogens is 302 g/mol. The molecular formula is C20H17NOS. The van der Waals surface area contributed by atoms with E-state index < -0.39 is 0 Å². The number of benzene rings is 3. The van der Waals surface area contributed by atoms with Gasteiger partial charge in [0.25, 0.3) is 0 Å². The molecule has 0 spiro atoms. The van der Waals surface area contributed by atoms with Gasteiger partial charge in [0.15, 0.2) is 0 Å². The maximum atomic E-state index is 5.30. The Labute approximate surface area is 140 Å². The summed E-state index contributed by atoms with van der Waals surface area (Å²) in [6.07, 6.45) is 0. The van der Waals surface area contributed by atoms with Crippen molar-refractivity contribution in [2.75, 3.05) is 12.0 Å². The lowest BCUT2D eigenvalue weighted by atomic mass is 10.1. The van der Waals surface area contributed by atoms with Gasteiger partial charge in [-0.2, -0.15) is 0 Å². The van der Waals surface area contributed by atoms with Crippen LogP contribution in [0.4, 0.5) is 17.1 Å². The first-order valence-electron chi connectivity index (χ1n) is 7.58. The van der Waals surface area contributed by atoms with Crippen LogP contribution in [0, 0.1) is 6.92 Å². The predicted octanol–water partition coefficient (Wildman–Crippen LogP) is 5.94. The Balaban J connectivity index is 1.94. The van der Waals surface area contributed by atoms with Crippen LogP contribution in [-0.4, -0.2) is 7.11 Å². The maximum Gasteiger partial charge on any atom is 0.119 e. The summed E-state index contributed by atoms with van der Waals surface area (Å²) in [5, 5.41) is 0. The molecule has 0 aliphatic carbocycles. The highest BCUT2D eigenvalue weighted by molar-refractivity contribution is 7.99. The van der Waals surface area contributed by atoms with Gasteiger partial charge in [-0.15, -0.1) is 0 Å². The molecule has 3 aromatic rings. The van der Waals surface area contributed by atoms with Crippen molar-refractivity contribution in [3.05, 3.63) is 72.3 Å². The molecule has 3 aromatic carbocycles. The number of ether oxygens (including phenoxy) is 1. The number of aryl methyl sites for hydroxylation is 1. The van der Waals surface area contributed by atoms with E-state index in [-0.39, 0.29) is 0 Å². The molecule has 1 heterocycles. The second-order valence-corrected chi connectivity index (χ2v) is 6.61. The summed E-state index contributed by atoms with van der Waals surface area (Å²) < 4.78 is 5.30. The van der Waals surface area contributed by atoms with Crippen LogP contribution in [0.25, 0.3) is 0 Å². The van der Waals surface area contributed by atoms with E-state index >= 15 is 0 Å². The Bertz CT molecular complexity index is 858. The Morgan fingerprint density at radius 3 is 2.35 bits per heavy atom. The minimum atomic E-state index is 0.874. The lowest BCUT2D eigenvalue weighted by Crippen LogP contribution is -2.15. The first kappa shape index (κ1) is 14.2. The van der Waals surface area contributed by atoms with E-state index in [2.05, 4.69) is 66.4 Å². The third-order valence-electron chi connectivity index (χ3n) is 4.08. The van der Waals surface area contributed by atoms with Gasteiger partial charge >= 0.3 is 0 Å². The first-order chi connectivity index (χ1) is 11.3. The minimum Gasteiger partial charge on any atom is -0.497 e. The average molecular weight is 319 g/mol. The van der Waals surface area contributed by atoms with E-state index in [0.717, 1.165) is 11.4 Å². The molecule has 0 fully saturated rings. The molecule has 0 unspecified atom stereocenters. The Hall–Kier alpha value is -2.39. The molecule has 0 saturated heterocycles. The summed E-state index contributed by atoms with van der Waals surface area (Å²) >= 11 is 1.84. The molecule has 0 N–H and O–H groups in total. The standard InChI is InChI=1S/C20H17NOS/c1-14-6-5-9-19-20(14)21(15-10-12-16(22-2)13-11-15)17-7-3-4-8-18(17)23-19/h3-13H,1-2H3. The highest BCUT2D eigenvalue weighted by Gasteiger charge is 2.25. The number of hydrogen-bond donors (Lipinski definition) is 0. The SMILES string of the molecule is COc1ccc(N2c3ccccc3Sc3cccc(C)c32)cc1. The molecule has 0 saturated carbocycles. The summed E-state index contributed by atoms with van der Waals surface area (Å²) in [4.78, 5) is 4.91. The van der Waals surface area contributed by atoms with E-state index in [4.69, 9.17) is 4.74 Å².